The highest BCUT2D eigenvalue weighted by Crippen LogP contribution is 2.19. The van der Waals surface area contributed by atoms with E-state index in [2.05, 4.69) is 33.6 Å². The molecule has 2 rings (SSSR count). The Balaban J connectivity index is 0.000000406. The van der Waals surface area contributed by atoms with Crippen molar-refractivity contribution in [2.75, 3.05) is 13.1 Å². The molecule has 0 unspecified atom stereocenters. The van der Waals surface area contributed by atoms with Crippen LogP contribution in [-0.2, 0) is 28.8 Å². The summed E-state index contributed by atoms with van der Waals surface area (Å²) < 4.78 is 0. The fourth-order valence-electron chi connectivity index (χ4n) is 1.41. The molecular formula is C12H16N6O7. The minimum atomic E-state index is -1.10. The van der Waals surface area contributed by atoms with Gasteiger partial charge in [-0.15, -0.1) is 0 Å². The molecule has 0 bridgehead atoms. The third kappa shape index (κ3) is 7.27. The molecule has 2 heterocycles. The van der Waals surface area contributed by atoms with Crippen molar-refractivity contribution in [2.24, 2.45) is 22.9 Å². The molecule has 11 N–H and O–H groups in total. The molecule has 0 radical (unpaired) electrons. The summed E-state index contributed by atoms with van der Waals surface area (Å²) in [5, 5.41) is 14.3. The Labute approximate surface area is 140 Å². The van der Waals surface area contributed by atoms with Crippen LogP contribution in [0, 0.1) is 0 Å². The Morgan fingerprint density at radius 3 is 1.52 bits per heavy atom. The molecule has 25 heavy (non-hydrogen) atoms. The quantitative estimate of drug-likeness (QED) is 0.225. The largest absolute Gasteiger partial charge is 0.510 e. The van der Waals surface area contributed by atoms with E-state index in [1.165, 1.54) is 6.08 Å². The van der Waals surface area contributed by atoms with Crippen LogP contribution in [0.5, 0.6) is 0 Å². The number of hydrogen-bond donors (Lipinski definition) is 7. The Hall–Kier alpha value is -3.90. The van der Waals surface area contributed by atoms with Crippen LogP contribution in [0.15, 0.2) is 23.0 Å². The van der Waals surface area contributed by atoms with E-state index < -0.39 is 23.6 Å². The van der Waals surface area contributed by atoms with Gasteiger partial charge in [0.2, 0.25) is 5.91 Å². The maximum absolute atomic E-state index is 11.2. The van der Waals surface area contributed by atoms with Crippen LogP contribution in [0.4, 0.5) is 0 Å². The molecule has 13 heteroatoms. The van der Waals surface area contributed by atoms with Crippen molar-refractivity contribution < 1.29 is 33.9 Å². The van der Waals surface area contributed by atoms with Gasteiger partial charge in [-0.25, -0.2) is 0 Å². The zero-order valence-corrected chi connectivity index (χ0v) is 12.7. The normalized spacial score (nSPS) is 14.8. The van der Waals surface area contributed by atoms with Crippen LogP contribution in [0.1, 0.15) is 0 Å². The lowest BCUT2D eigenvalue weighted by Gasteiger charge is -1.99. The average molecular weight is 356 g/mol. The molecule has 0 fully saturated rings. The first-order valence-corrected chi connectivity index (χ1v) is 6.34. The maximum atomic E-state index is 11.2. The molecule has 0 aliphatic carbocycles. The Morgan fingerprint density at radius 1 is 0.840 bits per heavy atom. The van der Waals surface area contributed by atoms with Crippen molar-refractivity contribution in [2.45, 2.75) is 0 Å². The fourth-order valence-corrected chi connectivity index (χ4v) is 1.41. The Morgan fingerprint density at radius 2 is 1.28 bits per heavy atom. The predicted molar refractivity (Wildman–Crippen MR) is 80.5 cm³/mol. The van der Waals surface area contributed by atoms with Gasteiger partial charge < -0.3 is 38.7 Å². The number of carbonyl (C=O) groups is 6. The van der Waals surface area contributed by atoms with Gasteiger partial charge in [-0.3, -0.25) is 28.8 Å². The van der Waals surface area contributed by atoms with E-state index in [0.717, 1.165) is 0 Å². The van der Waals surface area contributed by atoms with Crippen LogP contribution in [-0.4, -0.2) is 53.6 Å². The van der Waals surface area contributed by atoms with Crippen molar-refractivity contribution in [3.8, 4) is 0 Å². The first-order valence-electron chi connectivity index (χ1n) is 6.34. The molecule has 0 spiro atoms. The van der Waals surface area contributed by atoms with Crippen molar-refractivity contribution in [3.05, 3.63) is 23.0 Å². The van der Waals surface area contributed by atoms with Gasteiger partial charge in [0.25, 0.3) is 5.91 Å². The molecule has 13 nitrogen and oxygen atoms in total. The molecule has 0 saturated heterocycles. The van der Waals surface area contributed by atoms with E-state index in [-0.39, 0.29) is 29.7 Å². The second kappa shape index (κ2) is 9.29. The number of carbonyl (C=O) groups excluding carboxylic acids is 6. The van der Waals surface area contributed by atoms with E-state index in [0.29, 0.717) is 12.1 Å². The number of rotatable bonds is 1. The number of nitrogens with two attached hydrogens (primary N) is 4. The maximum Gasteiger partial charge on any atom is 0.306 e. The SMILES string of the molecule is NC(=O)C(N)=O.NC(=O)C(N)=O.O=C1C=C(C2=C(O)CNC2=O)CN1. The molecule has 6 amide bonds. The molecule has 2 aliphatic heterocycles. The highest BCUT2D eigenvalue weighted by atomic mass is 16.3. The Kier molecular flexibility index (Phi) is 7.84. The summed E-state index contributed by atoms with van der Waals surface area (Å²) in [4.78, 5) is 59.8. The number of amides is 6. The summed E-state index contributed by atoms with van der Waals surface area (Å²) in [5.74, 6) is -4.95. The zero-order valence-electron chi connectivity index (χ0n) is 12.7. The van der Waals surface area contributed by atoms with Crippen LogP contribution in [0.2, 0.25) is 0 Å². The van der Waals surface area contributed by atoms with E-state index in [4.69, 9.17) is 0 Å². The summed E-state index contributed by atoms with van der Waals surface area (Å²) in [6, 6.07) is 0. The van der Waals surface area contributed by atoms with Crippen LogP contribution < -0.4 is 33.6 Å². The van der Waals surface area contributed by atoms with Gasteiger partial charge in [0.15, 0.2) is 0 Å². The van der Waals surface area contributed by atoms with E-state index in [9.17, 15) is 33.9 Å². The number of primary amides is 4. The number of nitrogens with one attached hydrogen (secondary N) is 2. The topological polar surface area (TPSA) is 251 Å². The standard InChI is InChI=1S/C8H8N2O3.2C2H4N2O2/c11-5-3-10-8(13)7(5)4-1-6(12)9-2-4;2*3-1(5)2(4)6/h1,11H,2-3H2,(H,9,12)(H,10,13);2*(H2,3,5)(H2,4,6). The smallest absolute Gasteiger partial charge is 0.306 e. The first-order chi connectivity index (χ1) is 11.5. The molecule has 2 aliphatic rings. The highest BCUT2D eigenvalue weighted by Gasteiger charge is 2.28. The lowest BCUT2D eigenvalue weighted by Crippen LogP contribution is -2.29. The molecule has 0 atom stereocenters. The van der Waals surface area contributed by atoms with Gasteiger partial charge >= 0.3 is 23.6 Å². The first kappa shape index (κ1) is 21.1. The number of aliphatic hydroxyl groups excluding tert-OH is 1. The number of hydrogen-bond acceptors (Lipinski definition) is 7. The molecule has 0 aromatic heterocycles. The van der Waals surface area contributed by atoms with Crippen molar-refractivity contribution >= 4 is 35.4 Å². The second-order valence-electron chi connectivity index (χ2n) is 4.35. The predicted octanol–water partition coefficient (Wildman–Crippen LogP) is -5.10. The molecule has 0 aromatic rings. The summed E-state index contributed by atoms with van der Waals surface area (Å²) >= 11 is 0. The molecular weight excluding hydrogens is 340 g/mol. The summed E-state index contributed by atoms with van der Waals surface area (Å²) in [5.41, 5.74) is 18.1. The van der Waals surface area contributed by atoms with Gasteiger partial charge in [-0.2, -0.15) is 0 Å². The Bertz CT molecular complexity index is 646. The lowest BCUT2D eigenvalue weighted by atomic mass is 10.1. The molecule has 136 valence electrons. The van der Waals surface area contributed by atoms with E-state index in [1.807, 2.05) is 0 Å². The van der Waals surface area contributed by atoms with Crippen LogP contribution >= 0.6 is 0 Å². The fraction of sp³-hybridized carbons (Fsp3) is 0.167. The zero-order chi connectivity index (χ0) is 19.7. The van der Waals surface area contributed by atoms with Gasteiger partial charge in [-0.05, 0) is 5.57 Å². The highest BCUT2D eigenvalue weighted by molar-refractivity contribution is 6.34. The summed E-state index contributed by atoms with van der Waals surface area (Å²) in [6.07, 6.45) is 1.33. The lowest BCUT2D eigenvalue weighted by molar-refractivity contribution is -0.135. The van der Waals surface area contributed by atoms with Crippen molar-refractivity contribution in [3.63, 3.8) is 0 Å². The van der Waals surface area contributed by atoms with Gasteiger partial charge in [-0.1, -0.05) is 0 Å². The summed E-state index contributed by atoms with van der Waals surface area (Å²) in [6.45, 7) is 0.464. The third-order valence-electron chi connectivity index (χ3n) is 2.50. The van der Waals surface area contributed by atoms with Gasteiger partial charge in [0, 0.05) is 12.6 Å². The van der Waals surface area contributed by atoms with Crippen molar-refractivity contribution in [1.82, 2.24) is 10.6 Å². The van der Waals surface area contributed by atoms with E-state index >= 15 is 0 Å². The van der Waals surface area contributed by atoms with E-state index in [1.54, 1.807) is 0 Å². The van der Waals surface area contributed by atoms with Crippen LogP contribution in [0.3, 0.4) is 0 Å². The van der Waals surface area contributed by atoms with Crippen molar-refractivity contribution in [1.29, 1.82) is 0 Å². The van der Waals surface area contributed by atoms with Gasteiger partial charge in [0.05, 0.1) is 12.1 Å². The molecule has 0 aromatic carbocycles. The van der Waals surface area contributed by atoms with Crippen LogP contribution in [0.25, 0.3) is 0 Å². The minimum absolute atomic E-state index is 0.00718. The monoisotopic (exact) mass is 356 g/mol. The average Bonchev–Trinajstić information content (AvgIpc) is 3.06. The summed E-state index contributed by atoms with van der Waals surface area (Å²) in [7, 11) is 0. The third-order valence-corrected chi connectivity index (χ3v) is 2.50. The van der Waals surface area contributed by atoms with Gasteiger partial charge in [0.1, 0.15) is 5.76 Å². The second-order valence-corrected chi connectivity index (χ2v) is 4.35. The number of aliphatic hydroxyl groups is 1. The minimum Gasteiger partial charge on any atom is -0.510 e. The molecule has 0 saturated carbocycles.